The van der Waals surface area contributed by atoms with Gasteiger partial charge >= 0.3 is 0 Å². The second-order valence-electron chi connectivity index (χ2n) is 4.51. The molecule has 0 aliphatic rings. The fourth-order valence-electron chi connectivity index (χ4n) is 2.17. The number of rotatable bonds is 3. The number of hydrogen-bond acceptors (Lipinski definition) is 3. The molecule has 1 aromatic heterocycles. The van der Waals surface area contributed by atoms with Crippen LogP contribution in [0.4, 0.5) is 4.39 Å². The quantitative estimate of drug-likeness (QED) is 0.731. The van der Waals surface area contributed by atoms with Crippen molar-refractivity contribution in [2.45, 2.75) is 6.61 Å². The van der Waals surface area contributed by atoms with Crippen LogP contribution in [0.15, 0.2) is 54.7 Å². The van der Waals surface area contributed by atoms with E-state index in [0.29, 0.717) is 0 Å². The maximum atomic E-state index is 13.5. The first-order chi connectivity index (χ1) is 10.3. The van der Waals surface area contributed by atoms with E-state index in [0.717, 1.165) is 16.5 Å². The lowest BCUT2D eigenvalue weighted by Gasteiger charge is -2.09. The van der Waals surface area contributed by atoms with Crippen LogP contribution in [-0.2, 0) is 6.61 Å². The molecule has 0 amide bonds. The van der Waals surface area contributed by atoms with E-state index in [1.807, 2.05) is 36.4 Å². The molecule has 4 heteroatoms. The third-order valence-corrected chi connectivity index (χ3v) is 3.19. The topological polar surface area (TPSA) is 45.9 Å². The summed E-state index contributed by atoms with van der Waals surface area (Å²) in [6.07, 6.45) is 1.72. The van der Waals surface area contributed by atoms with Crippen molar-refractivity contribution in [2.75, 3.05) is 0 Å². The minimum Gasteiger partial charge on any atom is -0.487 e. The van der Waals surface area contributed by atoms with Crippen molar-refractivity contribution in [1.82, 2.24) is 4.98 Å². The van der Waals surface area contributed by atoms with Crippen molar-refractivity contribution >= 4 is 10.9 Å². The minimum atomic E-state index is -0.578. The molecule has 0 unspecified atom stereocenters. The fraction of sp³-hybridized carbons (Fsp3) is 0.0588. The van der Waals surface area contributed by atoms with Gasteiger partial charge in [0.1, 0.15) is 29.8 Å². The SMILES string of the molecule is N#Cc1c(F)cccc1OCc1cccc2cccnc12. The number of hydrogen-bond donors (Lipinski definition) is 0. The van der Waals surface area contributed by atoms with Gasteiger partial charge in [0.2, 0.25) is 0 Å². The van der Waals surface area contributed by atoms with Crippen LogP contribution in [0.2, 0.25) is 0 Å². The Kier molecular flexibility index (Phi) is 3.48. The Labute approximate surface area is 121 Å². The van der Waals surface area contributed by atoms with Gasteiger partial charge in [-0.2, -0.15) is 5.26 Å². The number of ether oxygens (including phenoxy) is 1. The summed E-state index contributed by atoms with van der Waals surface area (Å²) < 4.78 is 19.1. The molecule has 21 heavy (non-hydrogen) atoms. The summed E-state index contributed by atoms with van der Waals surface area (Å²) in [4.78, 5) is 4.33. The smallest absolute Gasteiger partial charge is 0.144 e. The molecule has 0 radical (unpaired) electrons. The summed E-state index contributed by atoms with van der Waals surface area (Å²) in [5, 5.41) is 10.00. The van der Waals surface area contributed by atoms with Gasteiger partial charge in [-0.25, -0.2) is 4.39 Å². The van der Waals surface area contributed by atoms with E-state index in [2.05, 4.69) is 4.98 Å². The average Bonchev–Trinajstić information content (AvgIpc) is 2.53. The molecule has 3 aromatic rings. The molecule has 0 fully saturated rings. The molecule has 2 aromatic carbocycles. The number of aromatic nitrogens is 1. The van der Waals surface area contributed by atoms with Gasteiger partial charge < -0.3 is 4.74 Å². The Hall–Kier alpha value is -2.93. The second-order valence-corrected chi connectivity index (χ2v) is 4.51. The maximum Gasteiger partial charge on any atom is 0.144 e. The molecule has 0 aliphatic carbocycles. The summed E-state index contributed by atoms with van der Waals surface area (Å²) >= 11 is 0. The summed E-state index contributed by atoms with van der Waals surface area (Å²) in [5.41, 5.74) is 1.65. The third kappa shape index (κ3) is 2.54. The van der Waals surface area contributed by atoms with Crippen LogP contribution < -0.4 is 4.74 Å². The summed E-state index contributed by atoms with van der Waals surface area (Å²) in [6, 6.07) is 15.8. The molecule has 0 N–H and O–H groups in total. The van der Waals surface area contributed by atoms with Crippen molar-refractivity contribution in [3.63, 3.8) is 0 Å². The monoisotopic (exact) mass is 278 g/mol. The molecule has 0 saturated heterocycles. The van der Waals surface area contributed by atoms with Gasteiger partial charge in [0.15, 0.2) is 0 Å². The van der Waals surface area contributed by atoms with Gasteiger partial charge in [-0.05, 0) is 18.2 Å². The maximum absolute atomic E-state index is 13.5. The first kappa shape index (κ1) is 13.1. The first-order valence-corrected chi connectivity index (χ1v) is 6.43. The predicted molar refractivity (Wildman–Crippen MR) is 77.2 cm³/mol. The van der Waals surface area contributed by atoms with Crippen LogP contribution in [-0.4, -0.2) is 4.98 Å². The van der Waals surface area contributed by atoms with Crippen molar-refractivity contribution in [1.29, 1.82) is 5.26 Å². The highest BCUT2D eigenvalue weighted by atomic mass is 19.1. The number of pyridine rings is 1. The normalized spacial score (nSPS) is 10.3. The molecule has 1 heterocycles. The minimum absolute atomic E-state index is 0.0781. The summed E-state index contributed by atoms with van der Waals surface area (Å²) in [5.74, 6) is -0.337. The van der Waals surface area contributed by atoms with Crippen molar-refractivity contribution in [3.8, 4) is 11.8 Å². The van der Waals surface area contributed by atoms with E-state index < -0.39 is 5.82 Å². The Bertz CT molecular complexity index is 834. The van der Waals surface area contributed by atoms with Crippen molar-refractivity contribution < 1.29 is 9.13 Å². The highest BCUT2D eigenvalue weighted by molar-refractivity contribution is 5.81. The Morgan fingerprint density at radius 2 is 1.90 bits per heavy atom. The number of benzene rings is 2. The highest BCUT2D eigenvalue weighted by Gasteiger charge is 2.10. The molecule has 0 saturated carbocycles. The van der Waals surface area contributed by atoms with Gasteiger partial charge in [-0.3, -0.25) is 4.98 Å². The number of fused-ring (bicyclic) bond motifs is 1. The zero-order valence-corrected chi connectivity index (χ0v) is 11.1. The first-order valence-electron chi connectivity index (χ1n) is 6.43. The Morgan fingerprint density at radius 3 is 2.76 bits per heavy atom. The van der Waals surface area contributed by atoms with Gasteiger partial charge in [-0.1, -0.05) is 30.3 Å². The molecular formula is C17H11FN2O. The lowest BCUT2D eigenvalue weighted by Crippen LogP contribution is -2.00. The van der Waals surface area contributed by atoms with E-state index in [4.69, 9.17) is 10.00 Å². The van der Waals surface area contributed by atoms with Crippen molar-refractivity contribution in [3.05, 3.63) is 71.7 Å². The zero-order chi connectivity index (χ0) is 14.7. The average molecular weight is 278 g/mol. The zero-order valence-electron chi connectivity index (χ0n) is 11.1. The number of nitrogens with zero attached hydrogens (tertiary/aromatic N) is 2. The molecular weight excluding hydrogens is 267 g/mol. The molecule has 102 valence electrons. The lowest BCUT2D eigenvalue weighted by molar-refractivity contribution is 0.305. The van der Waals surface area contributed by atoms with Crippen LogP contribution in [0.3, 0.4) is 0 Å². The molecule has 0 aliphatic heterocycles. The van der Waals surface area contributed by atoms with Gasteiger partial charge in [-0.15, -0.1) is 0 Å². The third-order valence-electron chi connectivity index (χ3n) is 3.19. The molecule has 0 atom stereocenters. The number of para-hydroxylation sites is 1. The van der Waals surface area contributed by atoms with Crippen LogP contribution in [0, 0.1) is 17.1 Å². The number of nitriles is 1. The summed E-state index contributed by atoms with van der Waals surface area (Å²) in [7, 11) is 0. The summed E-state index contributed by atoms with van der Waals surface area (Å²) in [6.45, 7) is 0.229. The van der Waals surface area contributed by atoms with Crippen LogP contribution in [0.25, 0.3) is 10.9 Å². The van der Waals surface area contributed by atoms with Gasteiger partial charge in [0, 0.05) is 17.1 Å². The van der Waals surface area contributed by atoms with E-state index in [9.17, 15) is 4.39 Å². The van der Waals surface area contributed by atoms with E-state index in [-0.39, 0.29) is 17.9 Å². The predicted octanol–water partition coefficient (Wildman–Crippen LogP) is 3.82. The highest BCUT2D eigenvalue weighted by Crippen LogP contribution is 2.23. The Morgan fingerprint density at radius 1 is 1.10 bits per heavy atom. The molecule has 3 rings (SSSR count). The van der Waals surface area contributed by atoms with Gasteiger partial charge in [0.05, 0.1) is 5.52 Å². The van der Waals surface area contributed by atoms with E-state index in [1.54, 1.807) is 12.3 Å². The standard InChI is InChI=1S/C17H11FN2O/c18-15-7-2-8-16(14(15)10-19)21-11-13-5-1-4-12-6-3-9-20-17(12)13/h1-9H,11H2. The fourth-order valence-corrected chi connectivity index (χ4v) is 2.17. The second kappa shape index (κ2) is 5.59. The van der Waals surface area contributed by atoms with Crippen molar-refractivity contribution in [2.24, 2.45) is 0 Å². The molecule has 3 nitrogen and oxygen atoms in total. The van der Waals surface area contributed by atoms with E-state index >= 15 is 0 Å². The van der Waals surface area contributed by atoms with Gasteiger partial charge in [0.25, 0.3) is 0 Å². The largest absolute Gasteiger partial charge is 0.487 e. The van der Waals surface area contributed by atoms with Crippen LogP contribution in [0.1, 0.15) is 11.1 Å². The number of halogens is 1. The molecule has 0 spiro atoms. The van der Waals surface area contributed by atoms with Crippen LogP contribution in [0.5, 0.6) is 5.75 Å². The Balaban J connectivity index is 1.91. The van der Waals surface area contributed by atoms with E-state index in [1.165, 1.54) is 12.1 Å². The molecule has 0 bridgehead atoms. The van der Waals surface area contributed by atoms with Crippen LogP contribution >= 0.6 is 0 Å². The lowest BCUT2D eigenvalue weighted by atomic mass is 10.1.